The van der Waals surface area contributed by atoms with Gasteiger partial charge in [-0.1, -0.05) is 41.9 Å². The van der Waals surface area contributed by atoms with Crippen LogP contribution in [0.3, 0.4) is 0 Å². The second-order valence-corrected chi connectivity index (χ2v) is 8.77. The summed E-state index contributed by atoms with van der Waals surface area (Å²) in [5.41, 5.74) is 3.04. The third kappa shape index (κ3) is 5.63. The lowest BCUT2D eigenvalue weighted by Crippen LogP contribution is -2.51. The van der Waals surface area contributed by atoms with E-state index in [0.717, 1.165) is 18.2 Å². The molecule has 1 amide bonds. The molecule has 0 saturated carbocycles. The number of aryl methyl sites for hydroxylation is 1. The molecule has 1 saturated heterocycles. The maximum absolute atomic E-state index is 14.6. The summed E-state index contributed by atoms with van der Waals surface area (Å²) in [7, 11) is 2.49. The summed E-state index contributed by atoms with van der Waals surface area (Å²) in [4.78, 5) is 14.7. The molecule has 3 aromatic rings. The first-order valence-electron chi connectivity index (χ1n) is 10.4. The molecular weight excluding hydrogens is 482 g/mol. The third-order valence-electron chi connectivity index (χ3n) is 5.25. The van der Waals surface area contributed by atoms with Crippen LogP contribution in [0.5, 0.6) is 5.75 Å². The number of likely N-dealkylation sites (tertiary alicyclic amines) is 1. The summed E-state index contributed by atoms with van der Waals surface area (Å²) in [5.74, 6) is -0.177. The van der Waals surface area contributed by atoms with Gasteiger partial charge >= 0.3 is 0 Å². The molecule has 0 aromatic heterocycles. The molecule has 0 aliphatic carbocycles. The number of ether oxygens (including phenoxy) is 1. The van der Waals surface area contributed by atoms with Crippen molar-refractivity contribution in [1.29, 1.82) is 0 Å². The van der Waals surface area contributed by atoms with Crippen molar-refractivity contribution in [3.63, 3.8) is 0 Å². The highest BCUT2D eigenvalue weighted by Crippen LogP contribution is 2.39. The highest BCUT2D eigenvalue weighted by molar-refractivity contribution is 8.00. The van der Waals surface area contributed by atoms with Crippen molar-refractivity contribution in [3.8, 4) is 16.9 Å². The lowest BCUT2D eigenvalue weighted by molar-refractivity contribution is 0.0400. The molecule has 0 radical (unpaired) electrons. The van der Waals surface area contributed by atoms with Crippen LogP contribution in [-0.4, -0.2) is 49.4 Å². The van der Waals surface area contributed by atoms with Gasteiger partial charge in [-0.2, -0.15) is 0 Å². The molecule has 0 spiro atoms. The number of carbonyl (C=O) groups excluding carboxylic acids is 1. The Hall–Kier alpha value is -2.81. The molecule has 2 N–H and O–H groups in total. The number of aliphatic hydroxyl groups excluding tert-OH is 1. The zero-order valence-electron chi connectivity index (χ0n) is 18.9. The first kappa shape index (κ1) is 25.8. The third-order valence-corrected chi connectivity index (χ3v) is 6.38. The Morgan fingerprint density at radius 2 is 1.85 bits per heavy atom. The molecule has 9 heteroatoms. The fraction of sp³-hybridized carbons (Fsp3) is 0.240. The number of nitrogens with zero attached hydrogens (tertiary/aromatic N) is 1. The molecule has 180 valence electrons. The zero-order valence-corrected chi connectivity index (χ0v) is 20.5. The number of amides is 1. The number of nitrogens with one attached hydrogen (secondary N) is 1. The summed E-state index contributed by atoms with van der Waals surface area (Å²) in [6, 6.07) is 15.7. The number of rotatable bonds is 6. The Bertz CT molecular complexity index is 1160. The van der Waals surface area contributed by atoms with Crippen LogP contribution < -0.4 is 9.46 Å². The Labute approximate surface area is 206 Å². The average Bonchev–Trinajstić information content (AvgIpc) is 2.82. The zero-order chi connectivity index (χ0) is 24.8. The van der Waals surface area contributed by atoms with Gasteiger partial charge in [0.05, 0.1) is 30.1 Å². The molecule has 0 bridgehead atoms. The van der Waals surface area contributed by atoms with E-state index in [0.29, 0.717) is 27.5 Å². The van der Waals surface area contributed by atoms with Gasteiger partial charge in [-0.25, -0.2) is 8.78 Å². The molecule has 3 aromatic carbocycles. The first-order valence-corrected chi connectivity index (χ1v) is 11.6. The van der Waals surface area contributed by atoms with Gasteiger partial charge in [0.2, 0.25) is 0 Å². The quantitative estimate of drug-likeness (QED) is 0.402. The fourth-order valence-corrected chi connectivity index (χ4v) is 4.73. The highest BCUT2D eigenvalue weighted by Gasteiger charge is 2.31. The van der Waals surface area contributed by atoms with Crippen LogP contribution in [0, 0.1) is 12.7 Å². The summed E-state index contributed by atoms with van der Waals surface area (Å²) in [5, 5.41) is 7.28. The smallest absolute Gasteiger partial charge is 0.254 e. The number of alkyl halides is 1. The van der Waals surface area contributed by atoms with Gasteiger partial charge in [0.1, 0.15) is 12.0 Å². The SMILES string of the molecule is CO.COc1c(Cl)cc(C(=O)N2CC(F)C2)cc1SNc1cc(-c2ccccc2)c(F)cc1C. The molecule has 1 aliphatic heterocycles. The lowest BCUT2D eigenvalue weighted by atomic mass is 10.0. The minimum absolute atomic E-state index is 0.0836. The van der Waals surface area contributed by atoms with Gasteiger partial charge in [0, 0.05) is 23.9 Å². The summed E-state index contributed by atoms with van der Waals surface area (Å²) >= 11 is 7.56. The molecule has 1 fully saturated rings. The van der Waals surface area contributed by atoms with Crippen molar-refractivity contribution in [3.05, 3.63) is 76.6 Å². The van der Waals surface area contributed by atoms with E-state index in [-0.39, 0.29) is 29.8 Å². The normalized spacial score (nSPS) is 13.0. The van der Waals surface area contributed by atoms with Crippen LogP contribution in [-0.2, 0) is 0 Å². The molecule has 0 unspecified atom stereocenters. The van der Waals surface area contributed by atoms with Gasteiger partial charge in [0.15, 0.2) is 5.75 Å². The monoisotopic (exact) mass is 506 g/mol. The maximum Gasteiger partial charge on any atom is 0.254 e. The topological polar surface area (TPSA) is 61.8 Å². The fourth-order valence-electron chi connectivity index (χ4n) is 3.47. The van der Waals surface area contributed by atoms with E-state index < -0.39 is 6.17 Å². The first-order chi connectivity index (χ1) is 16.4. The molecule has 5 nitrogen and oxygen atoms in total. The number of hydrogen-bond donors (Lipinski definition) is 2. The van der Waals surface area contributed by atoms with Crippen molar-refractivity contribution in [1.82, 2.24) is 4.90 Å². The molecule has 1 heterocycles. The van der Waals surface area contributed by atoms with Crippen molar-refractivity contribution in [2.45, 2.75) is 18.0 Å². The number of carbonyl (C=O) groups is 1. The van der Waals surface area contributed by atoms with Crippen LogP contribution in [0.15, 0.2) is 59.5 Å². The minimum Gasteiger partial charge on any atom is -0.494 e. The number of benzene rings is 3. The Morgan fingerprint density at radius 3 is 2.47 bits per heavy atom. The van der Waals surface area contributed by atoms with E-state index >= 15 is 0 Å². The van der Waals surface area contributed by atoms with Crippen LogP contribution in [0.1, 0.15) is 15.9 Å². The number of aliphatic hydroxyl groups is 1. The predicted octanol–water partition coefficient (Wildman–Crippen LogP) is 5.98. The number of hydrogen-bond acceptors (Lipinski definition) is 5. The second-order valence-electron chi connectivity index (χ2n) is 7.51. The van der Waals surface area contributed by atoms with Gasteiger partial charge in [-0.15, -0.1) is 0 Å². The summed E-state index contributed by atoms with van der Waals surface area (Å²) in [6.45, 7) is 1.97. The second kappa shape index (κ2) is 11.6. The standard InChI is InChI=1S/C24H21ClF2N2O2S.CH4O/c1-14-8-20(27)18(15-6-4-3-5-7-15)11-21(14)28-32-22-10-16(9-19(25)23(22)31-2)24(30)29-12-17(26)13-29;1-2/h3-11,17,28H,12-13H2,1-2H3;2H,1H3. The average molecular weight is 507 g/mol. The highest BCUT2D eigenvalue weighted by atomic mass is 35.5. The van der Waals surface area contributed by atoms with E-state index in [1.165, 1.54) is 36.1 Å². The van der Waals surface area contributed by atoms with Crippen LogP contribution >= 0.6 is 23.5 Å². The maximum atomic E-state index is 14.6. The van der Waals surface area contributed by atoms with Crippen molar-refractivity contribution >= 4 is 35.1 Å². The Morgan fingerprint density at radius 1 is 1.18 bits per heavy atom. The summed E-state index contributed by atoms with van der Waals surface area (Å²) < 4.78 is 36.4. The molecular formula is C25H25ClF2N2O3S. The van der Waals surface area contributed by atoms with Crippen molar-refractivity contribution in [2.75, 3.05) is 32.0 Å². The lowest BCUT2D eigenvalue weighted by Gasteiger charge is -2.34. The Kier molecular flexibility index (Phi) is 8.77. The molecule has 4 rings (SSSR count). The van der Waals surface area contributed by atoms with Crippen molar-refractivity contribution in [2.24, 2.45) is 0 Å². The van der Waals surface area contributed by atoms with Crippen LogP contribution in [0.2, 0.25) is 5.02 Å². The van der Waals surface area contributed by atoms with E-state index in [1.807, 2.05) is 37.3 Å². The van der Waals surface area contributed by atoms with E-state index in [2.05, 4.69) is 4.72 Å². The Balaban J connectivity index is 0.00000158. The number of halogens is 3. The van der Waals surface area contributed by atoms with E-state index in [1.54, 1.807) is 12.1 Å². The van der Waals surface area contributed by atoms with Gasteiger partial charge in [0.25, 0.3) is 5.91 Å². The van der Waals surface area contributed by atoms with Gasteiger partial charge in [-0.3, -0.25) is 4.79 Å². The van der Waals surface area contributed by atoms with Crippen molar-refractivity contribution < 1.29 is 23.4 Å². The van der Waals surface area contributed by atoms with E-state index in [4.69, 9.17) is 21.4 Å². The number of methoxy groups -OCH3 is 1. The van der Waals surface area contributed by atoms with E-state index in [9.17, 15) is 13.6 Å². The number of anilines is 1. The van der Waals surface area contributed by atoms with Crippen LogP contribution in [0.4, 0.5) is 14.5 Å². The predicted molar refractivity (Wildman–Crippen MR) is 133 cm³/mol. The van der Waals surface area contributed by atoms with Gasteiger partial charge < -0.3 is 19.5 Å². The largest absolute Gasteiger partial charge is 0.494 e. The molecule has 34 heavy (non-hydrogen) atoms. The minimum atomic E-state index is -0.983. The molecule has 1 aliphatic rings. The summed E-state index contributed by atoms with van der Waals surface area (Å²) in [6.07, 6.45) is -0.983. The van der Waals surface area contributed by atoms with Gasteiger partial charge in [-0.05, 0) is 54.3 Å². The molecule has 0 atom stereocenters. The van der Waals surface area contributed by atoms with Crippen LogP contribution in [0.25, 0.3) is 11.1 Å².